The van der Waals surface area contributed by atoms with Crippen LogP contribution >= 0.6 is 23.2 Å². The molecule has 0 aliphatic rings. The van der Waals surface area contributed by atoms with E-state index in [4.69, 9.17) is 33.1 Å². The molecule has 92 valence electrons. The van der Waals surface area contributed by atoms with E-state index < -0.39 is 0 Å². The largest absolute Gasteiger partial charge is 0.457 e. The van der Waals surface area contributed by atoms with Crippen molar-refractivity contribution in [1.82, 2.24) is 0 Å². The highest BCUT2D eigenvalue weighted by Gasteiger charge is 2.02. The Bertz CT molecular complexity index is 585. The molecule has 0 unspecified atom stereocenters. The third-order valence-electron chi connectivity index (χ3n) is 2.19. The summed E-state index contributed by atoms with van der Waals surface area (Å²) >= 11 is 11.7. The number of benzene rings is 2. The van der Waals surface area contributed by atoms with Gasteiger partial charge < -0.3 is 9.94 Å². The van der Waals surface area contributed by atoms with Crippen LogP contribution in [0.25, 0.3) is 0 Å². The van der Waals surface area contributed by atoms with Crippen molar-refractivity contribution in [2.45, 2.75) is 0 Å². The van der Waals surface area contributed by atoms with Gasteiger partial charge in [0, 0.05) is 6.07 Å². The van der Waals surface area contributed by atoms with Crippen LogP contribution in [0.1, 0.15) is 5.56 Å². The van der Waals surface area contributed by atoms with Gasteiger partial charge in [0.1, 0.15) is 11.5 Å². The van der Waals surface area contributed by atoms with Crippen LogP contribution in [0.5, 0.6) is 11.5 Å². The van der Waals surface area contributed by atoms with E-state index in [9.17, 15) is 0 Å². The molecule has 1 N–H and O–H groups in total. The smallest absolute Gasteiger partial charge is 0.129 e. The SMILES string of the molecule is O/N=C/c1cccc(Oc2ccc(Cl)c(Cl)c2)c1. The van der Waals surface area contributed by atoms with Crippen molar-refractivity contribution in [3.63, 3.8) is 0 Å². The van der Waals surface area contributed by atoms with Gasteiger partial charge in [-0.2, -0.15) is 0 Å². The van der Waals surface area contributed by atoms with Gasteiger partial charge in [0.25, 0.3) is 0 Å². The van der Waals surface area contributed by atoms with E-state index in [1.165, 1.54) is 6.21 Å². The zero-order valence-corrected chi connectivity index (χ0v) is 10.7. The van der Waals surface area contributed by atoms with Crippen molar-refractivity contribution in [3.05, 3.63) is 58.1 Å². The lowest BCUT2D eigenvalue weighted by Gasteiger charge is -2.07. The maximum atomic E-state index is 8.46. The molecule has 0 heterocycles. The highest BCUT2D eigenvalue weighted by Crippen LogP contribution is 2.29. The zero-order chi connectivity index (χ0) is 13.0. The number of ether oxygens (including phenoxy) is 1. The van der Waals surface area contributed by atoms with Crippen molar-refractivity contribution in [3.8, 4) is 11.5 Å². The molecule has 0 spiro atoms. The van der Waals surface area contributed by atoms with Crippen molar-refractivity contribution in [2.24, 2.45) is 5.16 Å². The number of nitrogens with zero attached hydrogens (tertiary/aromatic N) is 1. The number of hydrogen-bond acceptors (Lipinski definition) is 3. The molecule has 18 heavy (non-hydrogen) atoms. The first-order valence-corrected chi connectivity index (χ1v) is 5.85. The van der Waals surface area contributed by atoms with Gasteiger partial charge in [-0.25, -0.2) is 0 Å². The Morgan fingerprint density at radius 2 is 1.78 bits per heavy atom. The Morgan fingerprint density at radius 3 is 2.50 bits per heavy atom. The molecular formula is C13H9Cl2NO2. The molecule has 2 rings (SSSR count). The summed E-state index contributed by atoms with van der Waals surface area (Å²) in [4.78, 5) is 0. The van der Waals surface area contributed by atoms with Crippen LogP contribution in [0, 0.1) is 0 Å². The molecule has 0 saturated carbocycles. The lowest BCUT2D eigenvalue weighted by Crippen LogP contribution is -1.87. The first-order chi connectivity index (χ1) is 8.69. The van der Waals surface area contributed by atoms with Crippen molar-refractivity contribution in [2.75, 3.05) is 0 Å². The predicted octanol–water partition coefficient (Wildman–Crippen LogP) is 4.59. The Labute approximate surface area is 114 Å². The summed E-state index contributed by atoms with van der Waals surface area (Å²) in [5.74, 6) is 1.20. The van der Waals surface area contributed by atoms with Crippen molar-refractivity contribution >= 4 is 29.4 Å². The molecule has 5 heteroatoms. The van der Waals surface area contributed by atoms with E-state index in [1.54, 1.807) is 42.5 Å². The second kappa shape index (κ2) is 5.76. The number of hydrogen-bond donors (Lipinski definition) is 1. The lowest BCUT2D eigenvalue weighted by molar-refractivity contribution is 0.322. The quantitative estimate of drug-likeness (QED) is 0.508. The van der Waals surface area contributed by atoms with E-state index >= 15 is 0 Å². The van der Waals surface area contributed by atoms with Crippen LogP contribution in [-0.4, -0.2) is 11.4 Å². The number of rotatable bonds is 3. The summed E-state index contributed by atoms with van der Waals surface area (Å²) in [7, 11) is 0. The first-order valence-electron chi connectivity index (χ1n) is 5.09. The number of oxime groups is 1. The van der Waals surface area contributed by atoms with Crippen LogP contribution in [-0.2, 0) is 0 Å². The summed E-state index contributed by atoms with van der Waals surface area (Å²) in [5.41, 5.74) is 0.732. The highest BCUT2D eigenvalue weighted by molar-refractivity contribution is 6.42. The first kappa shape index (κ1) is 12.7. The van der Waals surface area contributed by atoms with Gasteiger partial charge in [0.2, 0.25) is 0 Å². The normalized spacial score (nSPS) is 10.8. The molecule has 3 nitrogen and oxygen atoms in total. The van der Waals surface area contributed by atoms with Crippen LogP contribution in [0.4, 0.5) is 0 Å². The summed E-state index contributed by atoms with van der Waals surface area (Å²) in [5, 5.41) is 12.3. The molecule has 2 aromatic rings. The fraction of sp³-hybridized carbons (Fsp3) is 0. The maximum absolute atomic E-state index is 8.46. The fourth-order valence-electron chi connectivity index (χ4n) is 1.40. The van der Waals surface area contributed by atoms with Gasteiger partial charge in [-0.3, -0.25) is 0 Å². The van der Waals surface area contributed by atoms with E-state index in [0.717, 1.165) is 5.56 Å². The Kier molecular flexibility index (Phi) is 4.07. The van der Waals surface area contributed by atoms with E-state index in [1.807, 2.05) is 0 Å². The average molecular weight is 282 g/mol. The summed E-state index contributed by atoms with van der Waals surface area (Å²) in [6, 6.07) is 12.1. The topological polar surface area (TPSA) is 41.8 Å². The molecular weight excluding hydrogens is 273 g/mol. The molecule has 0 radical (unpaired) electrons. The van der Waals surface area contributed by atoms with Gasteiger partial charge in [-0.05, 0) is 29.8 Å². The molecule has 0 atom stereocenters. The minimum absolute atomic E-state index is 0.433. The van der Waals surface area contributed by atoms with Crippen molar-refractivity contribution < 1.29 is 9.94 Å². The summed E-state index contributed by atoms with van der Waals surface area (Å²) in [6.45, 7) is 0. The number of halogens is 2. The van der Waals surface area contributed by atoms with Gasteiger partial charge >= 0.3 is 0 Å². The average Bonchev–Trinajstić information content (AvgIpc) is 2.35. The third-order valence-corrected chi connectivity index (χ3v) is 2.93. The Balaban J connectivity index is 2.22. The van der Waals surface area contributed by atoms with Gasteiger partial charge in [-0.1, -0.05) is 40.5 Å². The molecule has 2 aromatic carbocycles. The van der Waals surface area contributed by atoms with Crippen LogP contribution in [0.3, 0.4) is 0 Å². The highest BCUT2D eigenvalue weighted by atomic mass is 35.5. The standard InChI is InChI=1S/C13H9Cl2NO2/c14-12-5-4-11(7-13(12)15)18-10-3-1-2-9(6-10)8-16-17/h1-8,17H/b16-8+. The molecule has 0 aliphatic carbocycles. The lowest BCUT2D eigenvalue weighted by atomic mass is 10.2. The van der Waals surface area contributed by atoms with E-state index in [0.29, 0.717) is 21.5 Å². The van der Waals surface area contributed by atoms with Gasteiger partial charge in [-0.15, -0.1) is 0 Å². The monoisotopic (exact) mass is 281 g/mol. The summed E-state index contributed by atoms with van der Waals surface area (Å²) in [6.07, 6.45) is 1.32. The van der Waals surface area contributed by atoms with Crippen LogP contribution in [0.2, 0.25) is 10.0 Å². The van der Waals surface area contributed by atoms with E-state index in [2.05, 4.69) is 5.16 Å². The fourth-order valence-corrected chi connectivity index (χ4v) is 1.69. The van der Waals surface area contributed by atoms with E-state index in [-0.39, 0.29) is 0 Å². The third kappa shape index (κ3) is 3.15. The van der Waals surface area contributed by atoms with Crippen LogP contribution < -0.4 is 4.74 Å². The minimum Gasteiger partial charge on any atom is -0.457 e. The summed E-state index contributed by atoms with van der Waals surface area (Å²) < 4.78 is 5.61. The second-order valence-electron chi connectivity index (χ2n) is 3.50. The molecule has 0 amide bonds. The second-order valence-corrected chi connectivity index (χ2v) is 4.31. The molecule has 0 aliphatic heterocycles. The van der Waals surface area contributed by atoms with Crippen molar-refractivity contribution in [1.29, 1.82) is 0 Å². The van der Waals surface area contributed by atoms with Crippen LogP contribution in [0.15, 0.2) is 47.6 Å². The zero-order valence-electron chi connectivity index (χ0n) is 9.18. The van der Waals surface area contributed by atoms with Gasteiger partial charge in [0.15, 0.2) is 0 Å². The molecule has 0 fully saturated rings. The maximum Gasteiger partial charge on any atom is 0.129 e. The predicted molar refractivity (Wildman–Crippen MR) is 72.4 cm³/mol. The van der Waals surface area contributed by atoms with Gasteiger partial charge in [0.05, 0.1) is 16.3 Å². The molecule has 0 bridgehead atoms. The molecule has 0 aromatic heterocycles. The minimum atomic E-state index is 0.433. The Hall–Kier alpha value is -1.71. The molecule has 0 saturated heterocycles. The Morgan fingerprint density at radius 1 is 1.00 bits per heavy atom.